The van der Waals surface area contributed by atoms with Crippen molar-refractivity contribution < 1.29 is 22.0 Å². The Hall–Kier alpha value is -0.840. The molecule has 4 aliphatic rings. The Morgan fingerprint density at radius 3 is 2.09 bits per heavy atom. The number of piperidine rings is 2. The summed E-state index contributed by atoms with van der Waals surface area (Å²) in [5, 5.41) is 1.91. The number of hydrogen-bond acceptors (Lipinski definition) is 5. The smallest absolute Gasteiger partial charge is 0.262 e. The van der Waals surface area contributed by atoms with Crippen LogP contribution in [0.25, 0.3) is 0 Å². The number of carbonyl (C=O) groups excluding carboxylic acids is 1. The minimum absolute atomic E-state index is 0.119. The maximum absolute atomic E-state index is 14.6. The number of halogens is 2. The van der Waals surface area contributed by atoms with E-state index in [-0.39, 0.29) is 11.9 Å². The van der Waals surface area contributed by atoms with Gasteiger partial charge in [-0.05, 0) is 50.4 Å². The molecule has 1 N–H and O–H groups in total. The van der Waals surface area contributed by atoms with Crippen LogP contribution in [0.15, 0.2) is 0 Å². The fraction of sp³-hybridized carbons (Fsp3) is 0.955. The number of carbonyl (C=O) groups is 1. The van der Waals surface area contributed by atoms with E-state index in [9.17, 15) is 22.0 Å². The molecule has 0 saturated carbocycles. The zero-order chi connectivity index (χ0) is 23.1. The average molecular weight is 477 g/mol. The normalized spacial score (nSPS) is 34.3. The maximum Gasteiger partial charge on any atom is 0.262 e. The summed E-state index contributed by atoms with van der Waals surface area (Å²) >= 11 is 0. The molecule has 32 heavy (non-hydrogen) atoms. The van der Waals surface area contributed by atoms with Crippen molar-refractivity contribution >= 4 is 15.9 Å². The van der Waals surface area contributed by atoms with E-state index in [1.165, 1.54) is 10.6 Å². The minimum atomic E-state index is -3.17. The molecule has 4 rings (SSSR count). The summed E-state index contributed by atoms with van der Waals surface area (Å²) in [7, 11) is -3.17. The van der Waals surface area contributed by atoms with Crippen LogP contribution in [0.4, 0.5) is 8.78 Å². The molecule has 0 aromatic heterocycles. The van der Waals surface area contributed by atoms with Crippen molar-refractivity contribution in [3.05, 3.63) is 0 Å². The Balaban J connectivity index is 1.48. The number of amides is 1. The van der Waals surface area contributed by atoms with Gasteiger partial charge in [0, 0.05) is 45.7 Å². The molecule has 184 valence electrons. The van der Waals surface area contributed by atoms with Crippen molar-refractivity contribution in [2.24, 2.45) is 17.8 Å². The van der Waals surface area contributed by atoms with Crippen LogP contribution in [-0.2, 0) is 14.8 Å². The van der Waals surface area contributed by atoms with E-state index in [1.807, 2.05) is 9.91 Å². The number of nitrogens with zero attached hydrogens (tertiary/aromatic N) is 3. The number of fused-ring (bicyclic) bond motifs is 1. The summed E-state index contributed by atoms with van der Waals surface area (Å²) in [6.07, 6.45) is 8.51. The molecule has 0 bridgehead atoms. The lowest BCUT2D eigenvalue weighted by Gasteiger charge is -2.42. The van der Waals surface area contributed by atoms with Crippen LogP contribution >= 0.6 is 0 Å². The molecule has 0 spiro atoms. The Morgan fingerprint density at radius 2 is 1.53 bits per heavy atom. The molecule has 4 unspecified atom stereocenters. The number of rotatable bonds is 4. The van der Waals surface area contributed by atoms with E-state index in [0.717, 1.165) is 51.9 Å². The van der Waals surface area contributed by atoms with Gasteiger partial charge in [0.15, 0.2) is 0 Å². The van der Waals surface area contributed by atoms with Crippen molar-refractivity contribution in [2.45, 2.75) is 76.3 Å². The van der Waals surface area contributed by atoms with Crippen LogP contribution in [0.5, 0.6) is 0 Å². The monoisotopic (exact) mass is 476 g/mol. The lowest BCUT2D eigenvalue weighted by Crippen LogP contribution is -2.51. The molecule has 4 heterocycles. The van der Waals surface area contributed by atoms with Gasteiger partial charge in [-0.1, -0.05) is 12.8 Å². The van der Waals surface area contributed by atoms with Crippen molar-refractivity contribution in [2.75, 3.05) is 39.0 Å². The molecule has 4 saturated heterocycles. The molecule has 0 aliphatic carbocycles. The van der Waals surface area contributed by atoms with E-state index in [2.05, 4.69) is 5.43 Å². The quantitative estimate of drug-likeness (QED) is 0.674. The average Bonchev–Trinajstić information content (AvgIpc) is 2.91. The zero-order valence-electron chi connectivity index (χ0n) is 19.3. The molecule has 7 nitrogen and oxygen atoms in total. The molecule has 0 radical (unpaired) electrons. The van der Waals surface area contributed by atoms with Crippen molar-refractivity contribution in [1.82, 2.24) is 19.6 Å². The highest BCUT2D eigenvalue weighted by Gasteiger charge is 2.56. The molecule has 4 atom stereocenters. The van der Waals surface area contributed by atoms with Crippen LogP contribution in [0, 0.1) is 17.8 Å². The van der Waals surface area contributed by atoms with Gasteiger partial charge in [0.1, 0.15) is 0 Å². The number of hydrogen-bond donors (Lipinski definition) is 1. The maximum atomic E-state index is 14.6. The Kier molecular flexibility index (Phi) is 7.15. The van der Waals surface area contributed by atoms with Gasteiger partial charge in [-0.25, -0.2) is 31.9 Å². The standard InChI is InChI=1S/C22H38F2N4O3S/c1-22(23,24)20-19(21(29)26-10-5-3-4-6-11-26)18-15-17(9-14-28(18)25-20)16-7-12-27(13-8-16)32(2,30)31/h16-20,25H,3-15H2,1-2H3. The van der Waals surface area contributed by atoms with Gasteiger partial charge in [0.2, 0.25) is 15.9 Å². The molecular formula is C22H38F2N4O3S. The van der Waals surface area contributed by atoms with Crippen LogP contribution in [0.3, 0.4) is 0 Å². The third kappa shape index (κ3) is 5.13. The first-order chi connectivity index (χ1) is 15.1. The van der Waals surface area contributed by atoms with Gasteiger partial charge in [0.25, 0.3) is 5.92 Å². The Labute approximate surface area is 190 Å². The summed E-state index contributed by atoms with van der Waals surface area (Å²) in [5.74, 6) is -3.13. The number of hydrazine groups is 1. The summed E-state index contributed by atoms with van der Waals surface area (Å²) < 4.78 is 54.4. The number of alkyl halides is 2. The van der Waals surface area contributed by atoms with Crippen LogP contribution in [0.1, 0.15) is 58.3 Å². The van der Waals surface area contributed by atoms with Gasteiger partial charge in [-0.15, -0.1) is 0 Å². The van der Waals surface area contributed by atoms with E-state index in [0.29, 0.717) is 51.0 Å². The highest BCUT2D eigenvalue weighted by Crippen LogP contribution is 2.43. The predicted molar refractivity (Wildman–Crippen MR) is 118 cm³/mol. The second kappa shape index (κ2) is 9.43. The molecule has 4 aliphatic heterocycles. The third-order valence-electron chi connectivity index (χ3n) is 8.15. The molecular weight excluding hydrogens is 438 g/mol. The SMILES string of the molecule is CC(F)(F)C1NN2CCC(C3CCN(S(C)(=O)=O)CC3)CC2C1C(=O)N1CCCCCC1. The van der Waals surface area contributed by atoms with Crippen LogP contribution in [0.2, 0.25) is 0 Å². The largest absolute Gasteiger partial charge is 0.342 e. The Morgan fingerprint density at radius 1 is 0.938 bits per heavy atom. The summed E-state index contributed by atoms with van der Waals surface area (Å²) in [6.45, 7) is 3.95. The van der Waals surface area contributed by atoms with Gasteiger partial charge in [-0.3, -0.25) is 4.79 Å². The summed E-state index contributed by atoms with van der Waals surface area (Å²) in [4.78, 5) is 15.4. The van der Waals surface area contributed by atoms with Crippen molar-refractivity contribution in [1.29, 1.82) is 0 Å². The third-order valence-corrected chi connectivity index (χ3v) is 9.45. The van der Waals surface area contributed by atoms with E-state index in [1.54, 1.807) is 0 Å². The van der Waals surface area contributed by atoms with Gasteiger partial charge < -0.3 is 4.90 Å². The van der Waals surface area contributed by atoms with Crippen LogP contribution < -0.4 is 5.43 Å². The molecule has 0 aromatic rings. The zero-order valence-corrected chi connectivity index (χ0v) is 20.1. The van der Waals surface area contributed by atoms with E-state index < -0.39 is 27.9 Å². The molecule has 10 heteroatoms. The fourth-order valence-corrected chi connectivity index (χ4v) is 7.23. The molecule has 0 aromatic carbocycles. The predicted octanol–water partition coefficient (Wildman–Crippen LogP) is 2.30. The fourth-order valence-electron chi connectivity index (χ4n) is 6.35. The topological polar surface area (TPSA) is 73.0 Å². The van der Waals surface area contributed by atoms with Crippen molar-refractivity contribution in [3.8, 4) is 0 Å². The summed E-state index contributed by atoms with van der Waals surface area (Å²) in [6, 6.07) is -1.40. The number of nitrogens with one attached hydrogen (secondary N) is 1. The molecule has 1 amide bonds. The van der Waals surface area contributed by atoms with Crippen molar-refractivity contribution in [3.63, 3.8) is 0 Å². The highest BCUT2D eigenvalue weighted by atomic mass is 32.2. The van der Waals surface area contributed by atoms with Gasteiger partial charge in [0.05, 0.1) is 18.2 Å². The number of sulfonamides is 1. The van der Waals surface area contributed by atoms with Gasteiger partial charge >= 0.3 is 0 Å². The lowest BCUT2D eigenvalue weighted by atomic mass is 9.74. The number of likely N-dealkylation sites (tertiary alicyclic amines) is 1. The van der Waals surface area contributed by atoms with E-state index >= 15 is 0 Å². The first kappa shape index (κ1) is 24.3. The Bertz CT molecular complexity index is 775. The highest BCUT2D eigenvalue weighted by molar-refractivity contribution is 7.88. The minimum Gasteiger partial charge on any atom is -0.342 e. The van der Waals surface area contributed by atoms with Gasteiger partial charge in [-0.2, -0.15) is 0 Å². The van der Waals surface area contributed by atoms with Crippen LogP contribution in [-0.4, -0.2) is 85.5 Å². The second-order valence-corrected chi connectivity index (χ2v) is 12.4. The first-order valence-corrected chi connectivity index (χ1v) is 14.0. The summed E-state index contributed by atoms with van der Waals surface area (Å²) in [5.41, 5.74) is 3.02. The second-order valence-electron chi connectivity index (χ2n) is 10.4. The van der Waals surface area contributed by atoms with E-state index in [4.69, 9.17) is 0 Å². The molecule has 4 fully saturated rings. The first-order valence-electron chi connectivity index (χ1n) is 12.2. The lowest BCUT2D eigenvalue weighted by molar-refractivity contribution is -0.140.